The van der Waals surface area contributed by atoms with Gasteiger partial charge in [-0.25, -0.2) is 14.5 Å². The second kappa shape index (κ2) is 7.68. The van der Waals surface area contributed by atoms with Crippen LogP contribution in [0.2, 0.25) is 5.02 Å². The van der Waals surface area contributed by atoms with Gasteiger partial charge >= 0.3 is 5.97 Å². The van der Waals surface area contributed by atoms with E-state index in [0.717, 1.165) is 12.7 Å². The molecule has 152 valence electrons. The molecule has 0 atom stereocenters. The van der Waals surface area contributed by atoms with Crippen molar-refractivity contribution in [3.05, 3.63) is 58.5 Å². The molecule has 4 aromatic rings. The lowest BCUT2D eigenvalue weighted by Gasteiger charge is -2.12. The van der Waals surface area contributed by atoms with Crippen molar-refractivity contribution in [2.75, 3.05) is 7.11 Å². The number of hydrogen-bond acceptors (Lipinski definition) is 7. The number of benzene rings is 1. The standard InChI is InChI=1S/C20H17ClN6O3/c1-11-15(18(28)20(29)30-3)16(13-4-6-14(21)7-5-13)17-19(23-11)27(25-24-17)10-12-8-22-26(2)9-12/h4-9H,10H2,1-3H3. The van der Waals surface area contributed by atoms with Gasteiger partial charge in [-0.05, 0) is 24.6 Å². The van der Waals surface area contributed by atoms with Gasteiger partial charge < -0.3 is 4.74 Å². The molecule has 3 aromatic heterocycles. The zero-order valence-corrected chi connectivity index (χ0v) is 17.2. The first kappa shape index (κ1) is 19.7. The van der Waals surface area contributed by atoms with E-state index in [0.29, 0.717) is 39.6 Å². The number of Topliss-reactive ketones (excluding diaryl/α,β-unsaturated/α-hetero) is 1. The Hall–Kier alpha value is -3.59. The summed E-state index contributed by atoms with van der Waals surface area (Å²) in [6, 6.07) is 6.91. The first-order valence-corrected chi connectivity index (χ1v) is 9.36. The number of fused-ring (bicyclic) bond motifs is 1. The summed E-state index contributed by atoms with van der Waals surface area (Å²) in [4.78, 5) is 29.3. The van der Waals surface area contributed by atoms with Gasteiger partial charge in [-0.1, -0.05) is 28.9 Å². The molecule has 30 heavy (non-hydrogen) atoms. The van der Waals surface area contributed by atoms with E-state index >= 15 is 0 Å². The molecule has 0 aliphatic rings. The zero-order chi connectivity index (χ0) is 21.4. The minimum atomic E-state index is -0.975. The topological polar surface area (TPSA) is 105 Å². The van der Waals surface area contributed by atoms with E-state index in [2.05, 4.69) is 25.1 Å². The first-order chi connectivity index (χ1) is 14.4. The maximum atomic E-state index is 12.8. The Morgan fingerprint density at radius 1 is 1.20 bits per heavy atom. The van der Waals surface area contributed by atoms with E-state index < -0.39 is 11.8 Å². The fraction of sp³-hybridized carbons (Fsp3) is 0.200. The number of rotatable bonds is 5. The smallest absolute Gasteiger partial charge is 0.379 e. The number of carbonyl (C=O) groups is 2. The number of hydrogen-bond donors (Lipinski definition) is 0. The van der Waals surface area contributed by atoms with Gasteiger partial charge in [0.05, 0.1) is 31.1 Å². The van der Waals surface area contributed by atoms with E-state index in [-0.39, 0.29) is 5.56 Å². The summed E-state index contributed by atoms with van der Waals surface area (Å²) >= 11 is 6.03. The average Bonchev–Trinajstić information content (AvgIpc) is 3.32. The monoisotopic (exact) mass is 424 g/mol. The minimum absolute atomic E-state index is 0.130. The molecule has 0 aliphatic carbocycles. The number of esters is 1. The molecule has 0 amide bonds. The molecule has 4 rings (SSSR count). The van der Waals surface area contributed by atoms with Gasteiger partial charge in [-0.2, -0.15) is 5.10 Å². The van der Waals surface area contributed by atoms with Crippen molar-refractivity contribution < 1.29 is 14.3 Å². The highest BCUT2D eigenvalue weighted by atomic mass is 35.5. The summed E-state index contributed by atoms with van der Waals surface area (Å²) in [6.45, 7) is 2.07. The lowest BCUT2D eigenvalue weighted by Crippen LogP contribution is -2.19. The second-order valence-corrected chi connectivity index (χ2v) is 7.15. The molecule has 0 bridgehead atoms. The third-order valence-corrected chi connectivity index (χ3v) is 4.90. The van der Waals surface area contributed by atoms with Gasteiger partial charge in [0.15, 0.2) is 5.65 Å². The van der Waals surface area contributed by atoms with Crippen LogP contribution < -0.4 is 0 Å². The maximum absolute atomic E-state index is 12.8. The SMILES string of the molecule is COC(=O)C(=O)c1c(C)nc2c(nnn2Cc2cnn(C)c2)c1-c1ccc(Cl)cc1. The Morgan fingerprint density at radius 2 is 1.93 bits per heavy atom. The van der Waals surface area contributed by atoms with Crippen LogP contribution in [0.25, 0.3) is 22.3 Å². The molecular formula is C20H17ClN6O3. The Balaban J connectivity index is 1.96. The number of ether oxygens (including phenoxy) is 1. The van der Waals surface area contributed by atoms with Crippen LogP contribution in [-0.4, -0.2) is 48.6 Å². The molecule has 0 saturated heterocycles. The Labute approximate surface area is 176 Å². The number of nitrogens with zero attached hydrogens (tertiary/aromatic N) is 6. The molecule has 0 N–H and O–H groups in total. The summed E-state index contributed by atoms with van der Waals surface area (Å²) in [7, 11) is 2.99. The quantitative estimate of drug-likeness (QED) is 0.275. The fourth-order valence-electron chi connectivity index (χ4n) is 3.30. The predicted molar refractivity (Wildman–Crippen MR) is 109 cm³/mol. The van der Waals surface area contributed by atoms with E-state index in [4.69, 9.17) is 11.6 Å². The molecule has 0 unspecified atom stereocenters. The van der Waals surface area contributed by atoms with Crippen molar-refractivity contribution in [3.63, 3.8) is 0 Å². The van der Waals surface area contributed by atoms with E-state index in [1.165, 1.54) is 0 Å². The van der Waals surface area contributed by atoms with Crippen molar-refractivity contribution in [2.24, 2.45) is 7.05 Å². The molecule has 0 spiro atoms. The fourth-order valence-corrected chi connectivity index (χ4v) is 3.42. The Kier molecular flexibility index (Phi) is 5.04. The molecule has 0 aliphatic heterocycles. The normalized spacial score (nSPS) is 11.1. The van der Waals surface area contributed by atoms with E-state index in [9.17, 15) is 9.59 Å². The van der Waals surface area contributed by atoms with Gasteiger partial charge in [0.1, 0.15) is 5.52 Å². The molecule has 1 aromatic carbocycles. The highest BCUT2D eigenvalue weighted by Gasteiger charge is 2.28. The van der Waals surface area contributed by atoms with Gasteiger partial charge in [0.2, 0.25) is 0 Å². The van der Waals surface area contributed by atoms with Crippen LogP contribution in [0.3, 0.4) is 0 Å². The summed E-state index contributed by atoms with van der Waals surface area (Å²) < 4.78 is 7.97. The largest absolute Gasteiger partial charge is 0.463 e. The number of pyridine rings is 1. The van der Waals surface area contributed by atoms with Crippen LogP contribution in [0, 0.1) is 6.92 Å². The van der Waals surface area contributed by atoms with Crippen LogP contribution >= 0.6 is 11.6 Å². The second-order valence-electron chi connectivity index (χ2n) is 6.72. The summed E-state index contributed by atoms with van der Waals surface area (Å²) in [5.74, 6) is -1.77. The van der Waals surface area contributed by atoms with Crippen molar-refractivity contribution in [1.29, 1.82) is 0 Å². The number of halogens is 1. The molecule has 9 nitrogen and oxygen atoms in total. The lowest BCUT2D eigenvalue weighted by atomic mass is 9.95. The van der Waals surface area contributed by atoms with Crippen LogP contribution in [0.1, 0.15) is 21.6 Å². The number of ketones is 1. The average molecular weight is 425 g/mol. The molecule has 0 radical (unpaired) electrons. The van der Waals surface area contributed by atoms with E-state index in [1.54, 1.807) is 46.7 Å². The van der Waals surface area contributed by atoms with Gasteiger partial charge in [-0.3, -0.25) is 9.48 Å². The van der Waals surface area contributed by atoms with Gasteiger partial charge in [0.25, 0.3) is 5.78 Å². The van der Waals surface area contributed by atoms with Crippen LogP contribution in [0.15, 0.2) is 36.7 Å². The van der Waals surface area contributed by atoms with Gasteiger partial charge in [-0.15, -0.1) is 5.10 Å². The highest BCUT2D eigenvalue weighted by molar-refractivity contribution is 6.42. The number of aryl methyl sites for hydroxylation is 2. The van der Waals surface area contributed by atoms with Crippen LogP contribution in [0.4, 0.5) is 0 Å². The van der Waals surface area contributed by atoms with Crippen LogP contribution in [0.5, 0.6) is 0 Å². The molecular weight excluding hydrogens is 408 g/mol. The Bertz CT molecular complexity index is 1280. The number of methoxy groups -OCH3 is 1. The summed E-state index contributed by atoms with van der Waals surface area (Å²) in [5, 5.41) is 13.2. The predicted octanol–water partition coefficient (Wildman–Crippen LogP) is 2.59. The summed E-state index contributed by atoms with van der Waals surface area (Å²) in [5.41, 5.74) is 3.44. The lowest BCUT2D eigenvalue weighted by molar-refractivity contribution is -0.135. The first-order valence-electron chi connectivity index (χ1n) is 8.99. The maximum Gasteiger partial charge on any atom is 0.379 e. The zero-order valence-electron chi connectivity index (χ0n) is 16.5. The highest BCUT2D eigenvalue weighted by Crippen LogP contribution is 2.33. The van der Waals surface area contributed by atoms with Crippen molar-refractivity contribution >= 4 is 34.5 Å². The van der Waals surface area contributed by atoms with Crippen molar-refractivity contribution in [3.8, 4) is 11.1 Å². The third kappa shape index (κ3) is 3.43. The summed E-state index contributed by atoms with van der Waals surface area (Å²) in [6.07, 6.45) is 3.60. The third-order valence-electron chi connectivity index (χ3n) is 4.65. The molecule has 10 heteroatoms. The van der Waals surface area contributed by atoms with Gasteiger partial charge in [0, 0.05) is 29.4 Å². The number of carbonyl (C=O) groups excluding carboxylic acids is 2. The van der Waals surface area contributed by atoms with Crippen molar-refractivity contribution in [1.82, 2.24) is 29.8 Å². The molecule has 0 saturated carbocycles. The Morgan fingerprint density at radius 3 is 2.57 bits per heavy atom. The number of aromatic nitrogens is 6. The van der Waals surface area contributed by atoms with E-state index in [1.807, 2.05) is 13.2 Å². The van der Waals surface area contributed by atoms with Crippen molar-refractivity contribution in [2.45, 2.75) is 13.5 Å². The van der Waals surface area contributed by atoms with Crippen LogP contribution in [-0.2, 0) is 23.1 Å². The minimum Gasteiger partial charge on any atom is -0.463 e. The molecule has 3 heterocycles. The molecule has 0 fully saturated rings.